The van der Waals surface area contributed by atoms with Gasteiger partial charge in [0.05, 0.1) is 10.6 Å². The van der Waals surface area contributed by atoms with Crippen LogP contribution in [0.15, 0.2) is 18.2 Å². The van der Waals surface area contributed by atoms with Gasteiger partial charge in [0.15, 0.2) is 0 Å². The largest absolute Gasteiger partial charge is 0.352 e. The van der Waals surface area contributed by atoms with Crippen LogP contribution in [-0.2, 0) is 0 Å². The molecule has 0 spiro atoms. The van der Waals surface area contributed by atoms with Gasteiger partial charge in [-0.15, -0.1) is 0 Å². The average molecular weight is 258 g/mol. The SMILES string of the molecule is O=C(NCC1CCC1)c1ccc(Cl)cc1Cl. The fraction of sp³-hybridized carbons (Fsp3) is 0.417. The van der Waals surface area contributed by atoms with E-state index in [0.29, 0.717) is 21.5 Å². The number of hydrogen-bond donors (Lipinski definition) is 1. The van der Waals surface area contributed by atoms with Crippen molar-refractivity contribution < 1.29 is 4.79 Å². The molecule has 1 fully saturated rings. The number of rotatable bonds is 3. The highest BCUT2D eigenvalue weighted by Crippen LogP contribution is 2.25. The predicted octanol–water partition coefficient (Wildman–Crippen LogP) is 3.52. The van der Waals surface area contributed by atoms with E-state index in [1.165, 1.54) is 19.3 Å². The van der Waals surface area contributed by atoms with E-state index in [4.69, 9.17) is 23.2 Å². The highest BCUT2D eigenvalue weighted by molar-refractivity contribution is 6.36. The maximum absolute atomic E-state index is 11.8. The van der Waals surface area contributed by atoms with Crippen LogP contribution >= 0.6 is 23.2 Å². The topological polar surface area (TPSA) is 29.1 Å². The zero-order valence-corrected chi connectivity index (χ0v) is 10.3. The van der Waals surface area contributed by atoms with Crippen LogP contribution in [0.1, 0.15) is 29.6 Å². The van der Waals surface area contributed by atoms with Gasteiger partial charge in [0.2, 0.25) is 0 Å². The van der Waals surface area contributed by atoms with Gasteiger partial charge in [0.1, 0.15) is 0 Å². The Kier molecular flexibility index (Phi) is 3.72. The molecule has 0 heterocycles. The summed E-state index contributed by atoms with van der Waals surface area (Å²) in [6.07, 6.45) is 3.71. The average Bonchev–Trinajstić information content (AvgIpc) is 2.14. The van der Waals surface area contributed by atoms with Crippen molar-refractivity contribution in [2.45, 2.75) is 19.3 Å². The molecular weight excluding hydrogens is 245 g/mol. The molecule has 0 atom stereocenters. The molecule has 0 aromatic heterocycles. The van der Waals surface area contributed by atoms with Gasteiger partial charge >= 0.3 is 0 Å². The fourth-order valence-corrected chi connectivity index (χ4v) is 2.20. The van der Waals surface area contributed by atoms with Gasteiger partial charge in [-0.25, -0.2) is 0 Å². The number of carbonyl (C=O) groups is 1. The van der Waals surface area contributed by atoms with Crippen molar-refractivity contribution in [3.63, 3.8) is 0 Å². The van der Waals surface area contributed by atoms with E-state index in [0.717, 1.165) is 6.54 Å². The summed E-state index contributed by atoms with van der Waals surface area (Å²) < 4.78 is 0. The van der Waals surface area contributed by atoms with E-state index in [1.54, 1.807) is 18.2 Å². The standard InChI is InChI=1S/C12H13Cl2NO/c13-9-4-5-10(11(14)6-9)12(16)15-7-8-2-1-3-8/h4-6,8H,1-3,7H2,(H,15,16). The summed E-state index contributed by atoms with van der Waals surface area (Å²) in [5.41, 5.74) is 0.491. The molecule has 0 radical (unpaired) electrons. The minimum atomic E-state index is -0.117. The van der Waals surface area contributed by atoms with E-state index in [2.05, 4.69) is 5.32 Å². The Morgan fingerprint density at radius 1 is 1.38 bits per heavy atom. The van der Waals surface area contributed by atoms with Crippen LogP contribution in [0.25, 0.3) is 0 Å². The van der Waals surface area contributed by atoms with E-state index >= 15 is 0 Å². The first kappa shape index (κ1) is 11.7. The molecule has 0 aliphatic heterocycles. The number of halogens is 2. The molecule has 2 rings (SSSR count). The van der Waals surface area contributed by atoms with Crippen LogP contribution in [0, 0.1) is 5.92 Å². The van der Waals surface area contributed by atoms with Gasteiger partial charge in [0, 0.05) is 11.6 Å². The van der Waals surface area contributed by atoms with Crippen molar-refractivity contribution in [2.24, 2.45) is 5.92 Å². The first-order valence-corrected chi connectivity index (χ1v) is 6.15. The normalized spacial score (nSPS) is 15.6. The van der Waals surface area contributed by atoms with Crippen molar-refractivity contribution in [1.82, 2.24) is 5.32 Å². The lowest BCUT2D eigenvalue weighted by Crippen LogP contribution is -2.32. The molecule has 0 saturated heterocycles. The van der Waals surface area contributed by atoms with Gasteiger partial charge in [-0.3, -0.25) is 4.79 Å². The molecule has 1 aliphatic rings. The molecular formula is C12H13Cl2NO. The maximum atomic E-state index is 11.8. The van der Waals surface area contributed by atoms with E-state index in [-0.39, 0.29) is 5.91 Å². The Bertz CT molecular complexity index is 402. The van der Waals surface area contributed by atoms with E-state index < -0.39 is 0 Å². The molecule has 86 valence electrons. The summed E-state index contributed by atoms with van der Waals surface area (Å²) in [7, 11) is 0. The first-order valence-electron chi connectivity index (χ1n) is 5.40. The number of carbonyl (C=O) groups excluding carboxylic acids is 1. The third-order valence-electron chi connectivity index (χ3n) is 2.95. The number of hydrogen-bond acceptors (Lipinski definition) is 1. The minimum absolute atomic E-state index is 0.117. The molecule has 1 aromatic rings. The van der Waals surface area contributed by atoms with Crippen molar-refractivity contribution in [2.75, 3.05) is 6.54 Å². The highest BCUT2D eigenvalue weighted by Gasteiger charge is 2.18. The van der Waals surface area contributed by atoms with Crippen LogP contribution in [0.2, 0.25) is 10.0 Å². The molecule has 0 unspecified atom stereocenters. The van der Waals surface area contributed by atoms with Gasteiger partial charge in [-0.05, 0) is 37.0 Å². The van der Waals surface area contributed by atoms with Gasteiger partial charge in [-0.1, -0.05) is 29.6 Å². The van der Waals surface area contributed by atoms with Gasteiger partial charge in [0.25, 0.3) is 5.91 Å². The third kappa shape index (κ3) is 2.69. The Morgan fingerprint density at radius 2 is 2.12 bits per heavy atom. The number of benzene rings is 1. The molecule has 16 heavy (non-hydrogen) atoms. The molecule has 0 bridgehead atoms. The van der Waals surface area contributed by atoms with Crippen molar-refractivity contribution in [3.8, 4) is 0 Å². The Hall–Kier alpha value is -0.730. The van der Waals surface area contributed by atoms with Crippen molar-refractivity contribution in [1.29, 1.82) is 0 Å². The maximum Gasteiger partial charge on any atom is 0.252 e. The monoisotopic (exact) mass is 257 g/mol. The molecule has 1 aromatic carbocycles. The number of nitrogens with one attached hydrogen (secondary N) is 1. The minimum Gasteiger partial charge on any atom is -0.352 e. The predicted molar refractivity (Wildman–Crippen MR) is 66.1 cm³/mol. The summed E-state index contributed by atoms with van der Waals surface area (Å²) >= 11 is 11.7. The summed E-state index contributed by atoms with van der Waals surface area (Å²) in [6.45, 7) is 0.748. The highest BCUT2D eigenvalue weighted by atomic mass is 35.5. The van der Waals surface area contributed by atoms with Crippen molar-refractivity contribution >= 4 is 29.1 Å². The zero-order valence-electron chi connectivity index (χ0n) is 8.80. The molecule has 1 amide bonds. The summed E-state index contributed by atoms with van der Waals surface area (Å²) in [6, 6.07) is 4.91. The summed E-state index contributed by atoms with van der Waals surface area (Å²) in [5.74, 6) is 0.531. The van der Waals surface area contributed by atoms with Crippen molar-refractivity contribution in [3.05, 3.63) is 33.8 Å². The lowest BCUT2D eigenvalue weighted by atomic mass is 9.85. The van der Waals surface area contributed by atoms with Crippen LogP contribution < -0.4 is 5.32 Å². The van der Waals surface area contributed by atoms with E-state index in [9.17, 15) is 4.79 Å². The molecule has 1 saturated carbocycles. The molecule has 2 nitrogen and oxygen atoms in total. The van der Waals surface area contributed by atoms with Crippen LogP contribution in [-0.4, -0.2) is 12.5 Å². The zero-order chi connectivity index (χ0) is 11.5. The van der Waals surface area contributed by atoms with E-state index in [1.807, 2.05) is 0 Å². The first-order chi connectivity index (χ1) is 7.66. The summed E-state index contributed by atoms with van der Waals surface area (Å²) in [5, 5.41) is 3.84. The second-order valence-corrected chi connectivity index (χ2v) is 4.97. The molecule has 1 N–H and O–H groups in total. The van der Waals surface area contributed by atoms with Crippen LogP contribution in [0.5, 0.6) is 0 Å². The van der Waals surface area contributed by atoms with Gasteiger partial charge in [-0.2, -0.15) is 0 Å². The fourth-order valence-electron chi connectivity index (χ4n) is 1.70. The Morgan fingerprint density at radius 3 is 2.69 bits per heavy atom. The lowest BCUT2D eigenvalue weighted by Gasteiger charge is -2.25. The molecule has 4 heteroatoms. The third-order valence-corrected chi connectivity index (χ3v) is 3.50. The Balaban J connectivity index is 1.96. The second-order valence-electron chi connectivity index (χ2n) is 4.13. The lowest BCUT2D eigenvalue weighted by molar-refractivity contribution is 0.0939. The van der Waals surface area contributed by atoms with Crippen LogP contribution in [0.3, 0.4) is 0 Å². The van der Waals surface area contributed by atoms with Gasteiger partial charge < -0.3 is 5.32 Å². The quantitative estimate of drug-likeness (QED) is 0.882. The van der Waals surface area contributed by atoms with Crippen LogP contribution in [0.4, 0.5) is 0 Å². The smallest absolute Gasteiger partial charge is 0.252 e. The summed E-state index contributed by atoms with van der Waals surface area (Å²) in [4.78, 5) is 11.8. The molecule has 1 aliphatic carbocycles. The number of amides is 1. The second kappa shape index (κ2) is 5.07. The Labute approximate surface area is 105 Å².